The highest BCUT2D eigenvalue weighted by atomic mass is 35.5. The SMILES string of the molecule is Cc1nn(Cc2ccccc2)c(Cl)c1C(=O)Nc1cccc(C(F)(F)F)c1. The number of amides is 1. The van der Waals surface area contributed by atoms with Crippen LogP contribution in [0.2, 0.25) is 5.15 Å². The summed E-state index contributed by atoms with van der Waals surface area (Å²) in [5.41, 5.74) is 0.654. The van der Waals surface area contributed by atoms with Crippen molar-refractivity contribution in [1.29, 1.82) is 0 Å². The highest BCUT2D eigenvalue weighted by Crippen LogP contribution is 2.31. The van der Waals surface area contributed by atoms with Crippen molar-refractivity contribution in [2.75, 3.05) is 5.32 Å². The van der Waals surface area contributed by atoms with Crippen LogP contribution in [-0.4, -0.2) is 15.7 Å². The van der Waals surface area contributed by atoms with Crippen LogP contribution in [0.25, 0.3) is 0 Å². The zero-order chi connectivity index (χ0) is 19.6. The second-order valence-electron chi connectivity index (χ2n) is 5.93. The van der Waals surface area contributed by atoms with Gasteiger partial charge in [0.15, 0.2) is 0 Å². The Labute approximate surface area is 158 Å². The summed E-state index contributed by atoms with van der Waals surface area (Å²) in [5.74, 6) is -0.615. The van der Waals surface area contributed by atoms with Gasteiger partial charge in [0.25, 0.3) is 5.91 Å². The molecule has 0 radical (unpaired) electrons. The van der Waals surface area contributed by atoms with Crippen molar-refractivity contribution in [2.24, 2.45) is 0 Å². The lowest BCUT2D eigenvalue weighted by molar-refractivity contribution is -0.137. The van der Waals surface area contributed by atoms with Crippen molar-refractivity contribution in [2.45, 2.75) is 19.6 Å². The average Bonchev–Trinajstić information content (AvgIpc) is 2.89. The number of rotatable bonds is 4. The van der Waals surface area contributed by atoms with E-state index in [9.17, 15) is 18.0 Å². The Morgan fingerprint density at radius 1 is 1.15 bits per heavy atom. The number of aryl methyl sites for hydroxylation is 1. The second kappa shape index (κ2) is 7.44. The largest absolute Gasteiger partial charge is 0.416 e. The quantitative estimate of drug-likeness (QED) is 0.665. The molecule has 140 valence electrons. The van der Waals surface area contributed by atoms with Gasteiger partial charge in [-0.3, -0.25) is 4.79 Å². The molecule has 27 heavy (non-hydrogen) atoms. The number of carbonyl (C=O) groups excluding carboxylic acids is 1. The highest BCUT2D eigenvalue weighted by Gasteiger charge is 2.30. The van der Waals surface area contributed by atoms with Gasteiger partial charge in [0.2, 0.25) is 0 Å². The highest BCUT2D eigenvalue weighted by molar-refractivity contribution is 6.33. The molecule has 0 atom stereocenters. The van der Waals surface area contributed by atoms with Gasteiger partial charge in [-0.1, -0.05) is 48.0 Å². The zero-order valence-electron chi connectivity index (χ0n) is 14.2. The number of carbonyl (C=O) groups is 1. The molecule has 0 unspecified atom stereocenters. The summed E-state index contributed by atoms with van der Waals surface area (Å²) in [5, 5.41) is 6.85. The Hall–Kier alpha value is -2.80. The molecule has 8 heteroatoms. The van der Waals surface area contributed by atoms with Crippen molar-refractivity contribution in [3.05, 3.63) is 82.1 Å². The van der Waals surface area contributed by atoms with Crippen LogP contribution in [0.4, 0.5) is 18.9 Å². The van der Waals surface area contributed by atoms with Crippen molar-refractivity contribution < 1.29 is 18.0 Å². The topological polar surface area (TPSA) is 46.9 Å². The molecule has 1 amide bonds. The van der Waals surface area contributed by atoms with Crippen LogP contribution < -0.4 is 5.32 Å². The molecule has 0 aliphatic carbocycles. The third-order valence-corrected chi connectivity index (χ3v) is 4.30. The number of anilines is 1. The molecule has 0 aliphatic rings. The third kappa shape index (κ3) is 4.31. The first-order valence-electron chi connectivity index (χ1n) is 8.01. The molecular formula is C19H15ClF3N3O. The van der Waals surface area contributed by atoms with Gasteiger partial charge in [0.05, 0.1) is 23.4 Å². The molecule has 0 aliphatic heterocycles. The number of halogens is 4. The summed E-state index contributed by atoms with van der Waals surface area (Å²) in [4.78, 5) is 12.6. The number of alkyl halides is 3. The molecule has 0 fully saturated rings. The summed E-state index contributed by atoms with van der Waals surface area (Å²) >= 11 is 6.30. The van der Waals surface area contributed by atoms with Crippen LogP contribution in [0.3, 0.4) is 0 Å². The second-order valence-corrected chi connectivity index (χ2v) is 6.29. The standard InChI is InChI=1S/C19H15ClF3N3O/c1-12-16(17(20)26(25-12)11-13-6-3-2-4-7-13)18(27)24-15-9-5-8-14(10-15)19(21,22)23/h2-10H,11H2,1H3,(H,24,27). The number of hydrogen-bond acceptors (Lipinski definition) is 2. The summed E-state index contributed by atoms with van der Waals surface area (Å²) in [6.45, 7) is 1.99. The monoisotopic (exact) mass is 393 g/mol. The maximum Gasteiger partial charge on any atom is 0.416 e. The van der Waals surface area contributed by atoms with Crippen LogP contribution in [0.15, 0.2) is 54.6 Å². The Kier molecular flexibility index (Phi) is 5.23. The minimum absolute atomic E-state index is 0.0288. The molecule has 4 nitrogen and oxygen atoms in total. The summed E-state index contributed by atoms with van der Waals surface area (Å²) < 4.78 is 39.9. The summed E-state index contributed by atoms with van der Waals surface area (Å²) in [6, 6.07) is 13.8. The minimum atomic E-state index is -4.49. The van der Waals surface area contributed by atoms with E-state index in [1.54, 1.807) is 6.92 Å². The third-order valence-electron chi connectivity index (χ3n) is 3.92. The predicted molar refractivity (Wildman–Crippen MR) is 96.9 cm³/mol. The molecule has 0 bridgehead atoms. The van der Waals surface area contributed by atoms with Crippen molar-refractivity contribution >= 4 is 23.2 Å². The van der Waals surface area contributed by atoms with Crippen LogP contribution in [-0.2, 0) is 12.7 Å². The lowest BCUT2D eigenvalue weighted by Gasteiger charge is -2.10. The van der Waals surface area contributed by atoms with E-state index in [0.717, 1.165) is 17.7 Å². The van der Waals surface area contributed by atoms with E-state index in [4.69, 9.17) is 11.6 Å². The van der Waals surface area contributed by atoms with Crippen LogP contribution in [0.5, 0.6) is 0 Å². The van der Waals surface area contributed by atoms with Gasteiger partial charge in [0, 0.05) is 5.69 Å². The predicted octanol–water partition coefficient (Wildman–Crippen LogP) is 5.16. The smallest absolute Gasteiger partial charge is 0.322 e. The molecule has 3 rings (SSSR count). The van der Waals surface area contributed by atoms with Crippen LogP contribution in [0, 0.1) is 6.92 Å². The molecular weight excluding hydrogens is 379 g/mol. The summed E-state index contributed by atoms with van der Waals surface area (Å²) in [6.07, 6.45) is -4.49. The first-order chi connectivity index (χ1) is 12.8. The fourth-order valence-corrected chi connectivity index (χ4v) is 2.96. The molecule has 3 aromatic rings. The van der Waals surface area contributed by atoms with Gasteiger partial charge in [-0.15, -0.1) is 0 Å². The van der Waals surface area contributed by atoms with Gasteiger partial charge in [-0.05, 0) is 30.7 Å². The Morgan fingerprint density at radius 3 is 2.52 bits per heavy atom. The van der Waals surface area contributed by atoms with Gasteiger partial charge in [0.1, 0.15) is 5.15 Å². The van der Waals surface area contributed by atoms with E-state index in [1.165, 1.54) is 16.8 Å². The first kappa shape index (κ1) is 19.0. The number of hydrogen-bond donors (Lipinski definition) is 1. The fraction of sp³-hybridized carbons (Fsp3) is 0.158. The normalized spacial score (nSPS) is 11.4. The number of benzene rings is 2. The zero-order valence-corrected chi connectivity index (χ0v) is 15.0. The van der Waals surface area contributed by atoms with E-state index < -0.39 is 17.6 Å². The first-order valence-corrected chi connectivity index (χ1v) is 8.39. The van der Waals surface area contributed by atoms with Crippen LogP contribution in [0.1, 0.15) is 27.2 Å². The lowest BCUT2D eigenvalue weighted by Crippen LogP contribution is -2.14. The number of nitrogens with one attached hydrogen (secondary N) is 1. The van der Waals surface area contributed by atoms with Crippen molar-refractivity contribution in [1.82, 2.24) is 9.78 Å². The maximum atomic E-state index is 12.8. The van der Waals surface area contributed by atoms with E-state index in [0.29, 0.717) is 12.2 Å². The molecule has 1 N–H and O–H groups in total. The minimum Gasteiger partial charge on any atom is -0.322 e. The average molecular weight is 394 g/mol. The maximum absolute atomic E-state index is 12.8. The van der Waals surface area contributed by atoms with Gasteiger partial charge >= 0.3 is 6.18 Å². The Morgan fingerprint density at radius 2 is 1.85 bits per heavy atom. The van der Waals surface area contributed by atoms with Crippen molar-refractivity contribution in [3.63, 3.8) is 0 Å². The van der Waals surface area contributed by atoms with Crippen LogP contribution >= 0.6 is 11.6 Å². The van der Waals surface area contributed by atoms with E-state index >= 15 is 0 Å². The fourth-order valence-electron chi connectivity index (χ4n) is 2.64. The molecule has 0 saturated carbocycles. The molecule has 1 heterocycles. The van der Waals surface area contributed by atoms with Gasteiger partial charge in [-0.2, -0.15) is 18.3 Å². The number of aromatic nitrogens is 2. The lowest BCUT2D eigenvalue weighted by atomic mass is 10.2. The molecule has 0 spiro atoms. The molecule has 0 saturated heterocycles. The van der Waals surface area contributed by atoms with E-state index in [-0.39, 0.29) is 16.4 Å². The Bertz CT molecular complexity index is 968. The Balaban J connectivity index is 1.83. The van der Waals surface area contributed by atoms with Gasteiger partial charge < -0.3 is 5.32 Å². The number of nitrogens with zero attached hydrogens (tertiary/aromatic N) is 2. The molecule has 2 aromatic carbocycles. The van der Waals surface area contributed by atoms with Crippen molar-refractivity contribution in [3.8, 4) is 0 Å². The molecule has 1 aromatic heterocycles. The summed E-state index contributed by atoms with van der Waals surface area (Å²) in [7, 11) is 0. The van der Waals surface area contributed by atoms with Gasteiger partial charge in [-0.25, -0.2) is 4.68 Å². The van der Waals surface area contributed by atoms with E-state index in [2.05, 4.69) is 10.4 Å². The van der Waals surface area contributed by atoms with E-state index in [1.807, 2.05) is 30.3 Å².